The van der Waals surface area contributed by atoms with E-state index in [1.807, 2.05) is 0 Å². The second kappa shape index (κ2) is 7.31. The molecule has 0 radical (unpaired) electrons. The zero-order valence-electron chi connectivity index (χ0n) is 13.6. The molecule has 0 aromatic heterocycles. The molecule has 0 fully saturated rings. The summed E-state index contributed by atoms with van der Waals surface area (Å²) in [6.45, 7) is 5.25. The number of carbonyl (C=O) groups is 1. The fraction of sp³-hybridized carbons (Fsp3) is 0.167. The molecular formula is C18H19NO4S. The molecule has 0 heterocycles. The molecule has 0 saturated heterocycles. The van der Waals surface area contributed by atoms with E-state index in [0.29, 0.717) is 17.0 Å². The number of ether oxygens (including phenoxy) is 1. The number of benzene rings is 2. The summed E-state index contributed by atoms with van der Waals surface area (Å²) in [4.78, 5) is 12.5. The quantitative estimate of drug-likeness (QED) is 0.816. The van der Waals surface area contributed by atoms with Gasteiger partial charge >= 0.3 is 0 Å². The van der Waals surface area contributed by atoms with Gasteiger partial charge in [0.25, 0.3) is 5.91 Å². The summed E-state index contributed by atoms with van der Waals surface area (Å²) in [6, 6.07) is 11.3. The summed E-state index contributed by atoms with van der Waals surface area (Å²) in [6.07, 6.45) is 1.34. The van der Waals surface area contributed by atoms with Crippen molar-refractivity contribution in [1.82, 2.24) is 0 Å². The van der Waals surface area contributed by atoms with Crippen LogP contribution in [0.1, 0.15) is 15.9 Å². The molecule has 0 aliphatic heterocycles. The van der Waals surface area contributed by atoms with Crippen molar-refractivity contribution in [2.24, 2.45) is 0 Å². The first-order chi connectivity index (χ1) is 11.4. The van der Waals surface area contributed by atoms with Gasteiger partial charge in [0.2, 0.25) is 0 Å². The third-order valence-electron chi connectivity index (χ3n) is 3.51. The maximum absolute atomic E-state index is 12.3. The SMILES string of the molecule is C=CCS(=O)(=O)c1ccc(C)c(NC(=O)c2ccc(OC)cc2)c1. The van der Waals surface area contributed by atoms with Crippen molar-refractivity contribution in [2.45, 2.75) is 11.8 Å². The number of aryl methyl sites for hydroxylation is 1. The standard InChI is InChI=1S/C18H19NO4S/c1-4-11-24(21,22)16-10-5-13(2)17(12-16)19-18(20)14-6-8-15(23-3)9-7-14/h4-10,12H,1,11H2,2-3H3,(H,19,20). The van der Waals surface area contributed by atoms with Gasteiger partial charge in [-0.3, -0.25) is 4.79 Å². The monoisotopic (exact) mass is 345 g/mol. The number of amides is 1. The van der Waals surface area contributed by atoms with Gasteiger partial charge in [0, 0.05) is 11.3 Å². The number of carbonyl (C=O) groups excluding carboxylic acids is 1. The summed E-state index contributed by atoms with van der Waals surface area (Å²) in [7, 11) is -1.90. The van der Waals surface area contributed by atoms with Crippen LogP contribution in [0.15, 0.2) is 60.0 Å². The van der Waals surface area contributed by atoms with Crippen molar-refractivity contribution in [2.75, 3.05) is 18.2 Å². The Kier molecular flexibility index (Phi) is 5.41. The minimum Gasteiger partial charge on any atom is -0.497 e. The highest BCUT2D eigenvalue weighted by Gasteiger charge is 2.15. The van der Waals surface area contributed by atoms with Gasteiger partial charge in [0.1, 0.15) is 5.75 Å². The number of nitrogens with one attached hydrogen (secondary N) is 1. The predicted molar refractivity (Wildman–Crippen MR) is 94.4 cm³/mol. The zero-order valence-corrected chi connectivity index (χ0v) is 14.4. The second-order valence-corrected chi connectivity index (χ2v) is 7.26. The van der Waals surface area contributed by atoms with E-state index in [1.165, 1.54) is 18.2 Å². The minimum absolute atomic E-state index is 0.151. The molecule has 126 valence electrons. The predicted octanol–water partition coefficient (Wildman–Crippen LogP) is 3.22. The first kappa shape index (κ1) is 17.7. The van der Waals surface area contributed by atoms with E-state index in [1.54, 1.807) is 44.4 Å². The lowest BCUT2D eigenvalue weighted by atomic mass is 10.1. The van der Waals surface area contributed by atoms with Crippen molar-refractivity contribution < 1.29 is 17.9 Å². The molecule has 0 aliphatic carbocycles. The van der Waals surface area contributed by atoms with Crippen LogP contribution in [0.25, 0.3) is 0 Å². The molecule has 2 aromatic carbocycles. The Bertz CT molecular complexity index is 855. The van der Waals surface area contributed by atoms with E-state index in [-0.39, 0.29) is 16.6 Å². The van der Waals surface area contributed by atoms with Gasteiger partial charge in [-0.15, -0.1) is 6.58 Å². The number of methoxy groups -OCH3 is 1. The van der Waals surface area contributed by atoms with Gasteiger partial charge in [-0.2, -0.15) is 0 Å². The molecule has 1 N–H and O–H groups in total. The molecule has 24 heavy (non-hydrogen) atoms. The average Bonchev–Trinajstić information content (AvgIpc) is 2.56. The van der Waals surface area contributed by atoms with Crippen LogP contribution >= 0.6 is 0 Å². The number of rotatable bonds is 6. The van der Waals surface area contributed by atoms with Gasteiger partial charge in [0.05, 0.1) is 17.8 Å². The van der Waals surface area contributed by atoms with Crippen LogP contribution in [-0.4, -0.2) is 27.2 Å². The van der Waals surface area contributed by atoms with Gasteiger partial charge < -0.3 is 10.1 Å². The Morgan fingerprint density at radius 3 is 2.46 bits per heavy atom. The van der Waals surface area contributed by atoms with Crippen LogP contribution in [-0.2, 0) is 9.84 Å². The first-order valence-corrected chi connectivity index (χ1v) is 8.92. The maximum Gasteiger partial charge on any atom is 0.255 e. The molecular weight excluding hydrogens is 326 g/mol. The highest BCUT2D eigenvalue weighted by molar-refractivity contribution is 7.91. The maximum atomic E-state index is 12.3. The van der Waals surface area contributed by atoms with Crippen molar-refractivity contribution in [3.8, 4) is 5.75 Å². The Morgan fingerprint density at radius 1 is 1.21 bits per heavy atom. The highest BCUT2D eigenvalue weighted by atomic mass is 32.2. The Labute approximate surface area is 141 Å². The summed E-state index contributed by atoms with van der Waals surface area (Å²) in [5.41, 5.74) is 1.69. The van der Waals surface area contributed by atoms with E-state index in [9.17, 15) is 13.2 Å². The normalized spacial score (nSPS) is 10.9. The minimum atomic E-state index is -3.44. The Hall–Kier alpha value is -2.60. The van der Waals surface area contributed by atoms with Crippen LogP contribution in [0.3, 0.4) is 0 Å². The number of hydrogen-bond donors (Lipinski definition) is 1. The highest BCUT2D eigenvalue weighted by Crippen LogP contribution is 2.22. The number of sulfone groups is 1. The van der Waals surface area contributed by atoms with E-state index < -0.39 is 9.84 Å². The first-order valence-electron chi connectivity index (χ1n) is 7.27. The van der Waals surface area contributed by atoms with Crippen LogP contribution < -0.4 is 10.1 Å². The van der Waals surface area contributed by atoms with Gasteiger partial charge in [-0.1, -0.05) is 12.1 Å². The summed E-state index contributed by atoms with van der Waals surface area (Å²) in [5.74, 6) is 0.182. The average molecular weight is 345 g/mol. The molecule has 5 nitrogen and oxygen atoms in total. The molecule has 6 heteroatoms. The van der Waals surface area contributed by atoms with Gasteiger partial charge in [-0.25, -0.2) is 8.42 Å². The van der Waals surface area contributed by atoms with Crippen LogP contribution in [0.5, 0.6) is 5.75 Å². The summed E-state index contributed by atoms with van der Waals surface area (Å²) < 4.78 is 29.3. The molecule has 0 bridgehead atoms. The summed E-state index contributed by atoms with van der Waals surface area (Å²) in [5, 5.41) is 2.75. The van der Waals surface area contributed by atoms with Crippen molar-refractivity contribution in [3.63, 3.8) is 0 Å². The van der Waals surface area contributed by atoms with Crippen molar-refractivity contribution in [3.05, 3.63) is 66.2 Å². The zero-order chi connectivity index (χ0) is 17.7. The van der Waals surface area contributed by atoms with E-state index >= 15 is 0 Å². The lowest BCUT2D eigenvalue weighted by Gasteiger charge is -2.11. The third-order valence-corrected chi connectivity index (χ3v) is 5.15. The number of hydrogen-bond acceptors (Lipinski definition) is 4. The second-order valence-electron chi connectivity index (χ2n) is 5.23. The molecule has 0 saturated carbocycles. The van der Waals surface area contributed by atoms with Gasteiger partial charge in [-0.05, 0) is 48.9 Å². The molecule has 2 rings (SSSR count). The molecule has 0 aliphatic rings. The summed E-state index contributed by atoms with van der Waals surface area (Å²) >= 11 is 0. The lowest BCUT2D eigenvalue weighted by Crippen LogP contribution is -2.13. The Balaban J connectivity index is 2.28. The van der Waals surface area contributed by atoms with Crippen molar-refractivity contribution in [1.29, 1.82) is 0 Å². The van der Waals surface area contributed by atoms with Gasteiger partial charge in [0.15, 0.2) is 9.84 Å². The van der Waals surface area contributed by atoms with Crippen LogP contribution in [0, 0.1) is 6.92 Å². The topological polar surface area (TPSA) is 72.5 Å². The van der Waals surface area contributed by atoms with Crippen molar-refractivity contribution >= 4 is 21.4 Å². The Morgan fingerprint density at radius 2 is 1.88 bits per heavy atom. The largest absolute Gasteiger partial charge is 0.497 e. The third kappa shape index (κ3) is 4.02. The van der Waals surface area contributed by atoms with Crippen LogP contribution in [0.2, 0.25) is 0 Å². The molecule has 1 amide bonds. The molecule has 2 aromatic rings. The van der Waals surface area contributed by atoms with Crippen LogP contribution in [0.4, 0.5) is 5.69 Å². The fourth-order valence-electron chi connectivity index (χ4n) is 2.12. The molecule has 0 spiro atoms. The molecule has 0 unspecified atom stereocenters. The lowest BCUT2D eigenvalue weighted by molar-refractivity contribution is 0.102. The van der Waals surface area contributed by atoms with E-state index in [0.717, 1.165) is 5.56 Å². The number of anilines is 1. The van der Waals surface area contributed by atoms with E-state index in [4.69, 9.17) is 4.74 Å². The smallest absolute Gasteiger partial charge is 0.255 e. The molecule has 0 atom stereocenters. The fourth-order valence-corrected chi connectivity index (χ4v) is 3.19. The van der Waals surface area contributed by atoms with E-state index in [2.05, 4.69) is 11.9 Å².